The van der Waals surface area contributed by atoms with Crippen LogP contribution in [0.3, 0.4) is 0 Å². The van der Waals surface area contributed by atoms with Crippen LogP contribution in [0.5, 0.6) is 0 Å². The Morgan fingerprint density at radius 2 is 1.79 bits per heavy atom. The number of nitrogens with zero attached hydrogens (tertiary/aromatic N) is 4. The zero-order chi connectivity index (χ0) is 20.4. The first kappa shape index (κ1) is 18.9. The molecule has 2 aromatic heterocycles. The van der Waals surface area contributed by atoms with Crippen molar-refractivity contribution in [2.45, 2.75) is 20.4 Å². The molecule has 6 nitrogen and oxygen atoms in total. The summed E-state index contributed by atoms with van der Waals surface area (Å²) in [5, 5.41) is 6.62. The molecule has 0 saturated heterocycles. The second kappa shape index (κ2) is 7.92. The largest absolute Gasteiger partial charge is 0.334 e. The Kier molecular flexibility index (Phi) is 5.18. The Balaban J connectivity index is 1.64. The SMILES string of the molecule is Cc1noc(-c2ccc(C(=O)N(Cc3csc(C)n3)c3ccc(F)cc3)cc2)n1. The summed E-state index contributed by atoms with van der Waals surface area (Å²) in [6.45, 7) is 3.95. The van der Waals surface area contributed by atoms with E-state index < -0.39 is 0 Å². The molecule has 8 heteroatoms. The molecular formula is C21H17FN4O2S. The van der Waals surface area contributed by atoms with Crippen LogP contribution in [-0.2, 0) is 6.54 Å². The number of anilines is 1. The Labute approximate surface area is 170 Å². The molecule has 0 saturated carbocycles. The number of benzene rings is 2. The second-order valence-electron chi connectivity index (χ2n) is 6.45. The second-order valence-corrected chi connectivity index (χ2v) is 7.51. The first-order valence-corrected chi connectivity index (χ1v) is 9.77. The summed E-state index contributed by atoms with van der Waals surface area (Å²) >= 11 is 1.52. The van der Waals surface area contributed by atoms with Crippen LogP contribution in [0.2, 0.25) is 0 Å². The average molecular weight is 408 g/mol. The minimum Gasteiger partial charge on any atom is -0.334 e. The van der Waals surface area contributed by atoms with E-state index in [0.717, 1.165) is 16.3 Å². The van der Waals surface area contributed by atoms with E-state index in [9.17, 15) is 9.18 Å². The van der Waals surface area contributed by atoms with Gasteiger partial charge in [-0.05, 0) is 62.4 Å². The lowest BCUT2D eigenvalue weighted by molar-refractivity contribution is 0.0985. The number of thiazole rings is 1. The molecule has 0 unspecified atom stereocenters. The molecule has 0 aliphatic rings. The third-order valence-corrected chi connectivity index (χ3v) is 5.10. The van der Waals surface area contributed by atoms with E-state index in [-0.39, 0.29) is 11.7 Å². The van der Waals surface area contributed by atoms with Gasteiger partial charge in [0.05, 0.1) is 17.2 Å². The van der Waals surface area contributed by atoms with E-state index >= 15 is 0 Å². The molecule has 0 fully saturated rings. The van der Waals surface area contributed by atoms with Gasteiger partial charge in [0.1, 0.15) is 5.82 Å². The molecule has 4 rings (SSSR count). The van der Waals surface area contributed by atoms with Crippen LogP contribution in [0, 0.1) is 19.7 Å². The van der Waals surface area contributed by atoms with Gasteiger partial charge in [0, 0.05) is 22.2 Å². The average Bonchev–Trinajstić information content (AvgIpc) is 3.34. The summed E-state index contributed by atoms with van der Waals surface area (Å²) in [4.78, 5) is 23.5. The number of hydrogen-bond donors (Lipinski definition) is 0. The van der Waals surface area contributed by atoms with Crippen molar-refractivity contribution in [3.05, 3.63) is 81.8 Å². The molecule has 0 aliphatic carbocycles. The fourth-order valence-corrected chi connectivity index (χ4v) is 3.47. The summed E-state index contributed by atoms with van der Waals surface area (Å²) in [6, 6.07) is 12.8. The normalized spacial score (nSPS) is 10.9. The van der Waals surface area contributed by atoms with Crippen LogP contribution >= 0.6 is 11.3 Å². The van der Waals surface area contributed by atoms with Crippen LogP contribution in [-0.4, -0.2) is 21.0 Å². The van der Waals surface area contributed by atoms with E-state index in [1.54, 1.807) is 48.2 Å². The third kappa shape index (κ3) is 4.22. The van der Waals surface area contributed by atoms with Crippen molar-refractivity contribution in [2.75, 3.05) is 4.90 Å². The molecule has 0 radical (unpaired) electrons. The fourth-order valence-electron chi connectivity index (χ4n) is 2.87. The predicted octanol–water partition coefficient (Wildman–Crippen LogP) is 4.80. The molecule has 0 aliphatic heterocycles. The van der Waals surface area contributed by atoms with E-state index in [0.29, 0.717) is 29.5 Å². The van der Waals surface area contributed by atoms with Crippen molar-refractivity contribution >= 4 is 22.9 Å². The number of carbonyl (C=O) groups excluding carboxylic acids is 1. The number of hydrogen-bond acceptors (Lipinski definition) is 6. The molecular weight excluding hydrogens is 391 g/mol. The van der Waals surface area contributed by atoms with Gasteiger partial charge in [0.2, 0.25) is 0 Å². The number of rotatable bonds is 5. The van der Waals surface area contributed by atoms with Crippen molar-refractivity contribution in [1.82, 2.24) is 15.1 Å². The van der Waals surface area contributed by atoms with E-state index in [1.165, 1.54) is 23.5 Å². The van der Waals surface area contributed by atoms with Gasteiger partial charge in [-0.1, -0.05) is 5.16 Å². The minimum atomic E-state index is -0.357. The lowest BCUT2D eigenvalue weighted by Crippen LogP contribution is -2.30. The van der Waals surface area contributed by atoms with Crippen LogP contribution in [0.1, 0.15) is 26.9 Å². The molecule has 2 heterocycles. The van der Waals surface area contributed by atoms with Crippen LogP contribution in [0.25, 0.3) is 11.5 Å². The van der Waals surface area contributed by atoms with Gasteiger partial charge in [-0.25, -0.2) is 9.37 Å². The quantitative estimate of drug-likeness (QED) is 0.474. The standard InChI is InChI=1S/C21H17FN4O2S/c1-13-23-20(28-25-13)15-3-5-16(6-4-15)21(27)26(11-18-12-29-14(2)24-18)19-9-7-17(22)8-10-19/h3-10,12H,11H2,1-2H3. The fraction of sp³-hybridized carbons (Fsp3) is 0.143. The highest BCUT2D eigenvalue weighted by Gasteiger charge is 2.20. The van der Waals surface area contributed by atoms with E-state index in [2.05, 4.69) is 15.1 Å². The zero-order valence-corrected chi connectivity index (χ0v) is 16.6. The minimum absolute atomic E-state index is 0.212. The van der Waals surface area contributed by atoms with Gasteiger partial charge in [-0.2, -0.15) is 4.98 Å². The summed E-state index contributed by atoms with van der Waals surface area (Å²) in [5.41, 5.74) is 2.59. The Hall–Kier alpha value is -3.39. The first-order chi connectivity index (χ1) is 14.0. The summed E-state index contributed by atoms with van der Waals surface area (Å²) in [7, 11) is 0. The summed E-state index contributed by atoms with van der Waals surface area (Å²) < 4.78 is 18.5. The molecule has 0 bridgehead atoms. The Morgan fingerprint density at radius 1 is 1.07 bits per heavy atom. The van der Waals surface area contributed by atoms with Crippen molar-refractivity contribution < 1.29 is 13.7 Å². The van der Waals surface area contributed by atoms with Gasteiger partial charge in [0.15, 0.2) is 5.82 Å². The van der Waals surface area contributed by atoms with Gasteiger partial charge < -0.3 is 9.42 Å². The maximum Gasteiger partial charge on any atom is 0.258 e. The molecule has 0 atom stereocenters. The highest BCUT2D eigenvalue weighted by molar-refractivity contribution is 7.09. The molecule has 2 aromatic carbocycles. The third-order valence-electron chi connectivity index (χ3n) is 4.28. The number of aromatic nitrogens is 3. The lowest BCUT2D eigenvalue weighted by atomic mass is 10.1. The zero-order valence-electron chi connectivity index (χ0n) is 15.8. The smallest absolute Gasteiger partial charge is 0.258 e. The topological polar surface area (TPSA) is 72.1 Å². The monoisotopic (exact) mass is 408 g/mol. The summed E-state index contributed by atoms with van der Waals surface area (Å²) in [6.07, 6.45) is 0. The van der Waals surface area contributed by atoms with Crippen LogP contribution in [0.15, 0.2) is 58.4 Å². The van der Waals surface area contributed by atoms with Crippen molar-refractivity contribution in [3.63, 3.8) is 0 Å². The molecule has 29 heavy (non-hydrogen) atoms. The van der Waals surface area contributed by atoms with E-state index in [4.69, 9.17) is 4.52 Å². The number of aryl methyl sites for hydroxylation is 2. The number of carbonyl (C=O) groups is 1. The number of amides is 1. The molecule has 146 valence electrons. The Morgan fingerprint density at radius 3 is 2.38 bits per heavy atom. The maximum absolute atomic E-state index is 13.4. The van der Waals surface area contributed by atoms with Crippen molar-refractivity contribution in [2.24, 2.45) is 0 Å². The Bertz CT molecular complexity index is 1140. The van der Waals surface area contributed by atoms with Crippen LogP contribution in [0.4, 0.5) is 10.1 Å². The summed E-state index contributed by atoms with van der Waals surface area (Å²) in [5.74, 6) is 0.372. The van der Waals surface area contributed by atoms with Crippen molar-refractivity contribution in [3.8, 4) is 11.5 Å². The van der Waals surface area contributed by atoms with Gasteiger partial charge in [-0.3, -0.25) is 4.79 Å². The molecule has 0 N–H and O–H groups in total. The first-order valence-electron chi connectivity index (χ1n) is 8.89. The molecule has 0 spiro atoms. The lowest BCUT2D eigenvalue weighted by Gasteiger charge is -2.22. The highest BCUT2D eigenvalue weighted by Crippen LogP contribution is 2.23. The number of halogens is 1. The molecule has 4 aromatic rings. The predicted molar refractivity (Wildman–Crippen MR) is 108 cm³/mol. The van der Waals surface area contributed by atoms with Gasteiger partial charge in [0.25, 0.3) is 11.8 Å². The van der Waals surface area contributed by atoms with Crippen molar-refractivity contribution in [1.29, 1.82) is 0 Å². The van der Waals surface area contributed by atoms with E-state index in [1.807, 2.05) is 12.3 Å². The maximum atomic E-state index is 13.4. The molecule has 1 amide bonds. The van der Waals surface area contributed by atoms with Gasteiger partial charge in [-0.15, -0.1) is 11.3 Å². The van der Waals surface area contributed by atoms with Crippen LogP contribution < -0.4 is 4.90 Å². The highest BCUT2D eigenvalue weighted by atomic mass is 32.1. The van der Waals surface area contributed by atoms with Gasteiger partial charge >= 0.3 is 0 Å².